The number of hydrogen-bond acceptors (Lipinski definition) is 7. The van der Waals surface area contributed by atoms with Crippen LogP contribution in [0, 0.1) is 11.3 Å². The van der Waals surface area contributed by atoms with Crippen molar-refractivity contribution in [1.29, 1.82) is 5.26 Å². The van der Waals surface area contributed by atoms with Gasteiger partial charge in [0.25, 0.3) is 5.89 Å². The first-order valence-electron chi connectivity index (χ1n) is 6.07. The van der Waals surface area contributed by atoms with Gasteiger partial charge in [-0.05, 0) is 12.1 Å². The minimum atomic E-state index is -0.153. The summed E-state index contributed by atoms with van der Waals surface area (Å²) in [6.45, 7) is 2.83. The van der Waals surface area contributed by atoms with Crippen molar-refractivity contribution in [1.82, 2.24) is 20.4 Å². The molecule has 0 amide bonds. The molecular formula is C12H13N5O2. The largest absolute Gasteiger partial charge is 0.459 e. The van der Waals surface area contributed by atoms with Crippen LogP contribution < -0.4 is 5.32 Å². The molecule has 0 radical (unpaired) electrons. The van der Waals surface area contributed by atoms with Gasteiger partial charge >= 0.3 is 0 Å². The summed E-state index contributed by atoms with van der Waals surface area (Å²) in [7, 11) is 0. The lowest BCUT2D eigenvalue weighted by atomic mass is 10.2. The Morgan fingerprint density at radius 2 is 2.53 bits per heavy atom. The lowest BCUT2D eigenvalue weighted by Crippen LogP contribution is -2.50. The maximum Gasteiger partial charge on any atom is 0.293 e. The summed E-state index contributed by atoms with van der Waals surface area (Å²) < 4.78 is 10.3. The number of nitriles is 1. The molecule has 98 valence electrons. The van der Waals surface area contributed by atoms with Gasteiger partial charge in [-0.25, -0.2) is 0 Å². The molecule has 1 N–H and O–H groups in total. The van der Waals surface area contributed by atoms with Crippen molar-refractivity contribution in [2.24, 2.45) is 0 Å². The highest BCUT2D eigenvalue weighted by molar-refractivity contribution is 5.42. The molecular weight excluding hydrogens is 246 g/mol. The maximum atomic E-state index is 9.08. The number of aromatic nitrogens is 2. The van der Waals surface area contributed by atoms with Gasteiger partial charge in [0.2, 0.25) is 0 Å². The molecule has 0 bridgehead atoms. The quantitative estimate of drug-likeness (QED) is 0.864. The highest BCUT2D eigenvalue weighted by Crippen LogP contribution is 2.18. The van der Waals surface area contributed by atoms with Crippen LogP contribution in [0.4, 0.5) is 0 Å². The van der Waals surface area contributed by atoms with Crippen LogP contribution in [0.15, 0.2) is 27.3 Å². The number of piperazine rings is 1. The van der Waals surface area contributed by atoms with Crippen molar-refractivity contribution in [3.63, 3.8) is 0 Å². The zero-order chi connectivity index (χ0) is 13.1. The molecule has 7 heteroatoms. The van der Waals surface area contributed by atoms with E-state index < -0.39 is 0 Å². The second-order valence-corrected chi connectivity index (χ2v) is 4.31. The number of rotatable bonds is 3. The number of furan rings is 1. The van der Waals surface area contributed by atoms with E-state index in [2.05, 4.69) is 21.5 Å². The van der Waals surface area contributed by atoms with E-state index >= 15 is 0 Å². The third-order valence-electron chi connectivity index (χ3n) is 3.05. The maximum absolute atomic E-state index is 9.08. The molecule has 1 saturated heterocycles. The van der Waals surface area contributed by atoms with Crippen molar-refractivity contribution in [3.05, 3.63) is 24.2 Å². The van der Waals surface area contributed by atoms with Crippen molar-refractivity contribution in [2.45, 2.75) is 12.6 Å². The Morgan fingerprint density at radius 1 is 1.58 bits per heavy atom. The van der Waals surface area contributed by atoms with Crippen LogP contribution in [0.1, 0.15) is 5.82 Å². The van der Waals surface area contributed by atoms with Crippen LogP contribution in [0.25, 0.3) is 11.7 Å². The molecule has 19 heavy (non-hydrogen) atoms. The Balaban J connectivity index is 1.72. The van der Waals surface area contributed by atoms with Gasteiger partial charge in [-0.3, -0.25) is 4.90 Å². The van der Waals surface area contributed by atoms with E-state index in [1.165, 1.54) is 0 Å². The summed E-state index contributed by atoms with van der Waals surface area (Å²) in [5.74, 6) is 1.48. The van der Waals surface area contributed by atoms with Crippen molar-refractivity contribution in [2.75, 3.05) is 19.6 Å². The minimum absolute atomic E-state index is 0.153. The fourth-order valence-electron chi connectivity index (χ4n) is 2.06. The average molecular weight is 259 g/mol. The summed E-state index contributed by atoms with van der Waals surface area (Å²) in [4.78, 5) is 6.31. The van der Waals surface area contributed by atoms with Crippen LogP contribution in [0.3, 0.4) is 0 Å². The van der Waals surface area contributed by atoms with E-state index in [1.54, 1.807) is 18.4 Å². The summed E-state index contributed by atoms with van der Waals surface area (Å²) in [6.07, 6.45) is 1.56. The van der Waals surface area contributed by atoms with Gasteiger partial charge in [0.1, 0.15) is 6.04 Å². The van der Waals surface area contributed by atoms with Gasteiger partial charge in [0.15, 0.2) is 11.6 Å². The molecule has 1 unspecified atom stereocenters. The zero-order valence-electron chi connectivity index (χ0n) is 10.2. The van der Waals surface area contributed by atoms with Gasteiger partial charge in [-0.2, -0.15) is 10.2 Å². The van der Waals surface area contributed by atoms with Crippen molar-refractivity contribution < 1.29 is 8.94 Å². The molecule has 2 aromatic heterocycles. The fraction of sp³-hybridized carbons (Fsp3) is 0.417. The molecule has 0 saturated carbocycles. The zero-order valence-corrected chi connectivity index (χ0v) is 10.2. The molecule has 7 nitrogen and oxygen atoms in total. The molecule has 0 spiro atoms. The Bertz CT molecular complexity index is 571. The predicted octanol–water partition coefficient (Wildman–Crippen LogP) is 0.627. The molecule has 0 aliphatic carbocycles. The van der Waals surface area contributed by atoms with E-state index in [-0.39, 0.29) is 6.04 Å². The SMILES string of the molecule is N#CC1CNCCN1Cc1noc(-c2ccco2)n1. The second-order valence-electron chi connectivity index (χ2n) is 4.31. The second kappa shape index (κ2) is 5.22. The first-order chi connectivity index (χ1) is 9.36. The standard InChI is InChI=1S/C12H13N5O2/c13-6-9-7-14-3-4-17(9)8-11-15-12(19-16-11)10-2-1-5-18-10/h1-2,5,9,14H,3-4,7-8H2. The highest BCUT2D eigenvalue weighted by Gasteiger charge is 2.23. The Hall–Kier alpha value is -2.17. The third kappa shape index (κ3) is 2.50. The van der Waals surface area contributed by atoms with E-state index in [0.717, 1.165) is 13.1 Å². The van der Waals surface area contributed by atoms with Gasteiger partial charge in [0, 0.05) is 19.6 Å². The normalized spacial score (nSPS) is 20.3. The topological polar surface area (TPSA) is 91.1 Å². The molecule has 3 heterocycles. The fourth-order valence-corrected chi connectivity index (χ4v) is 2.06. The van der Waals surface area contributed by atoms with Crippen LogP contribution in [0.5, 0.6) is 0 Å². The first kappa shape index (κ1) is 11.9. The average Bonchev–Trinajstić information content (AvgIpc) is 3.09. The molecule has 0 aromatic carbocycles. The van der Waals surface area contributed by atoms with E-state index in [9.17, 15) is 0 Å². The highest BCUT2D eigenvalue weighted by atomic mass is 16.5. The van der Waals surface area contributed by atoms with E-state index in [0.29, 0.717) is 30.6 Å². The molecule has 2 aromatic rings. The van der Waals surface area contributed by atoms with Crippen molar-refractivity contribution in [3.8, 4) is 17.7 Å². The molecule has 3 rings (SSSR count). The van der Waals surface area contributed by atoms with Gasteiger partial charge < -0.3 is 14.3 Å². The van der Waals surface area contributed by atoms with Crippen molar-refractivity contribution >= 4 is 0 Å². The molecule has 1 aliphatic heterocycles. The number of nitrogens with zero attached hydrogens (tertiary/aromatic N) is 4. The summed E-state index contributed by atoms with van der Waals surface area (Å²) in [6, 6.07) is 5.64. The Kier molecular flexibility index (Phi) is 3.27. The Labute approximate surface area is 109 Å². The molecule has 1 aliphatic rings. The van der Waals surface area contributed by atoms with Gasteiger partial charge in [-0.15, -0.1) is 0 Å². The first-order valence-corrected chi connectivity index (χ1v) is 6.07. The lowest BCUT2D eigenvalue weighted by molar-refractivity contribution is 0.183. The molecule has 1 atom stereocenters. The monoisotopic (exact) mass is 259 g/mol. The summed E-state index contributed by atoms with van der Waals surface area (Å²) in [5, 5.41) is 16.2. The van der Waals surface area contributed by atoms with Crippen LogP contribution in [-0.4, -0.2) is 40.7 Å². The summed E-state index contributed by atoms with van der Waals surface area (Å²) in [5.41, 5.74) is 0. The predicted molar refractivity (Wildman–Crippen MR) is 64.7 cm³/mol. The Morgan fingerprint density at radius 3 is 3.32 bits per heavy atom. The van der Waals surface area contributed by atoms with Gasteiger partial charge in [-0.1, -0.05) is 5.16 Å². The third-order valence-corrected chi connectivity index (χ3v) is 3.05. The summed E-state index contributed by atoms with van der Waals surface area (Å²) >= 11 is 0. The smallest absolute Gasteiger partial charge is 0.293 e. The number of hydrogen-bond donors (Lipinski definition) is 1. The van der Waals surface area contributed by atoms with E-state index in [4.69, 9.17) is 14.2 Å². The number of nitrogens with one attached hydrogen (secondary N) is 1. The van der Waals surface area contributed by atoms with Crippen LogP contribution in [-0.2, 0) is 6.54 Å². The van der Waals surface area contributed by atoms with E-state index in [1.807, 2.05) is 4.90 Å². The van der Waals surface area contributed by atoms with Crippen LogP contribution in [0.2, 0.25) is 0 Å². The molecule has 1 fully saturated rings. The minimum Gasteiger partial charge on any atom is -0.459 e. The van der Waals surface area contributed by atoms with Gasteiger partial charge in [0.05, 0.1) is 18.9 Å². The van der Waals surface area contributed by atoms with Crippen LogP contribution >= 0.6 is 0 Å². The lowest BCUT2D eigenvalue weighted by Gasteiger charge is -2.30.